The van der Waals surface area contributed by atoms with Gasteiger partial charge in [0, 0.05) is 14.0 Å². The largest absolute Gasteiger partial charge is 0.394 e. The Morgan fingerprint density at radius 2 is 2.06 bits per heavy atom. The highest BCUT2D eigenvalue weighted by molar-refractivity contribution is 5.73. The lowest BCUT2D eigenvalue weighted by Gasteiger charge is -2.41. The standard InChI is InChI=1S/C9H17NO6/c1-4(12)10-6-8(14)7(13)5(3-11)16-9(6)15-2/h5-9,11,13-14H,3H2,1-2H3,(H,10,12)/t5?,6-,7?,8?,9?/m0/s1. The molecular formula is C9H17NO6. The molecule has 0 spiro atoms. The number of nitrogens with one attached hydrogen (secondary N) is 1. The predicted molar refractivity (Wildman–Crippen MR) is 52.4 cm³/mol. The van der Waals surface area contributed by atoms with Crippen molar-refractivity contribution >= 4 is 5.91 Å². The molecule has 1 fully saturated rings. The van der Waals surface area contributed by atoms with Crippen molar-refractivity contribution in [3.05, 3.63) is 0 Å². The van der Waals surface area contributed by atoms with E-state index in [4.69, 9.17) is 14.6 Å². The smallest absolute Gasteiger partial charge is 0.217 e. The molecule has 4 unspecified atom stereocenters. The van der Waals surface area contributed by atoms with E-state index in [9.17, 15) is 15.0 Å². The molecular weight excluding hydrogens is 218 g/mol. The molecule has 0 aromatic rings. The number of hydrogen-bond acceptors (Lipinski definition) is 6. The number of ether oxygens (including phenoxy) is 2. The van der Waals surface area contributed by atoms with Crippen molar-refractivity contribution in [1.29, 1.82) is 0 Å². The van der Waals surface area contributed by atoms with Crippen LogP contribution in [0.2, 0.25) is 0 Å². The zero-order valence-corrected chi connectivity index (χ0v) is 9.16. The Morgan fingerprint density at radius 3 is 2.50 bits per heavy atom. The van der Waals surface area contributed by atoms with Gasteiger partial charge in [-0.2, -0.15) is 0 Å². The number of rotatable bonds is 3. The van der Waals surface area contributed by atoms with Crippen LogP contribution in [0.5, 0.6) is 0 Å². The fourth-order valence-corrected chi connectivity index (χ4v) is 1.67. The van der Waals surface area contributed by atoms with Crippen molar-refractivity contribution in [2.24, 2.45) is 0 Å². The molecule has 1 aliphatic rings. The van der Waals surface area contributed by atoms with E-state index in [1.165, 1.54) is 14.0 Å². The summed E-state index contributed by atoms with van der Waals surface area (Å²) < 4.78 is 10.1. The summed E-state index contributed by atoms with van der Waals surface area (Å²) in [7, 11) is 1.35. The number of carbonyl (C=O) groups excluding carboxylic acids is 1. The Labute approximate surface area is 93.0 Å². The summed E-state index contributed by atoms with van der Waals surface area (Å²) in [4.78, 5) is 10.9. The van der Waals surface area contributed by atoms with Gasteiger partial charge in [0.2, 0.25) is 5.91 Å². The number of carbonyl (C=O) groups is 1. The van der Waals surface area contributed by atoms with Crippen molar-refractivity contribution in [2.75, 3.05) is 13.7 Å². The molecule has 0 bridgehead atoms. The predicted octanol–water partition coefficient (Wildman–Crippen LogP) is -2.42. The summed E-state index contributed by atoms with van der Waals surface area (Å²) in [5.74, 6) is -0.371. The number of methoxy groups -OCH3 is 1. The molecule has 0 aromatic carbocycles. The van der Waals surface area contributed by atoms with E-state index < -0.39 is 37.3 Å². The van der Waals surface area contributed by atoms with Gasteiger partial charge in [0.1, 0.15) is 24.4 Å². The molecule has 1 rings (SSSR count). The van der Waals surface area contributed by atoms with Crippen LogP contribution in [0.25, 0.3) is 0 Å². The van der Waals surface area contributed by atoms with Gasteiger partial charge in [0.05, 0.1) is 6.61 Å². The van der Waals surface area contributed by atoms with E-state index in [2.05, 4.69) is 5.32 Å². The fourth-order valence-electron chi connectivity index (χ4n) is 1.67. The molecule has 5 atom stereocenters. The van der Waals surface area contributed by atoms with E-state index >= 15 is 0 Å². The van der Waals surface area contributed by atoms with Gasteiger partial charge in [-0.25, -0.2) is 0 Å². The van der Waals surface area contributed by atoms with Crippen LogP contribution in [-0.4, -0.2) is 65.6 Å². The highest BCUT2D eigenvalue weighted by Gasteiger charge is 2.44. The molecule has 4 N–H and O–H groups in total. The second kappa shape index (κ2) is 5.55. The monoisotopic (exact) mass is 235 g/mol. The van der Waals surface area contributed by atoms with Crippen LogP contribution < -0.4 is 5.32 Å². The molecule has 7 heteroatoms. The lowest BCUT2D eigenvalue weighted by atomic mass is 9.97. The minimum absolute atomic E-state index is 0.371. The maximum Gasteiger partial charge on any atom is 0.217 e. The molecule has 16 heavy (non-hydrogen) atoms. The van der Waals surface area contributed by atoms with Gasteiger partial charge in [0.15, 0.2) is 6.29 Å². The van der Waals surface area contributed by atoms with E-state index in [0.717, 1.165) is 0 Å². The topological polar surface area (TPSA) is 108 Å². The Bertz CT molecular complexity index is 246. The van der Waals surface area contributed by atoms with Crippen molar-refractivity contribution in [3.63, 3.8) is 0 Å². The first kappa shape index (κ1) is 13.3. The first-order chi connectivity index (χ1) is 7.51. The number of aliphatic hydroxyl groups is 3. The molecule has 7 nitrogen and oxygen atoms in total. The molecule has 0 saturated carbocycles. The number of amides is 1. The Hall–Kier alpha value is -0.730. The highest BCUT2D eigenvalue weighted by atomic mass is 16.7. The van der Waals surface area contributed by atoms with E-state index in [-0.39, 0.29) is 5.91 Å². The second-order valence-electron chi connectivity index (χ2n) is 3.67. The normalized spacial score (nSPS) is 39.4. The van der Waals surface area contributed by atoms with Crippen LogP contribution in [0.1, 0.15) is 6.92 Å². The first-order valence-electron chi connectivity index (χ1n) is 4.93. The van der Waals surface area contributed by atoms with Crippen molar-refractivity contribution < 1.29 is 29.6 Å². The molecule has 1 amide bonds. The van der Waals surface area contributed by atoms with Crippen LogP contribution in [0.3, 0.4) is 0 Å². The van der Waals surface area contributed by atoms with Crippen LogP contribution in [0.15, 0.2) is 0 Å². The van der Waals surface area contributed by atoms with Gasteiger partial charge in [-0.05, 0) is 0 Å². The molecule has 0 aromatic heterocycles. The van der Waals surface area contributed by atoms with Crippen molar-refractivity contribution in [2.45, 2.75) is 37.6 Å². The Balaban J connectivity index is 2.77. The summed E-state index contributed by atoms with van der Waals surface area (Å²) in [6.45, 7) is 0.842. The van der Waals surface area contributed by atoms with Crippen LogP contribution in [-0.2, 0) is 14.3 Å². The van der Waals surface area contributed by atoms with Crippen molar-refractivity contribution in [3.8, 4) is 0 Å². The maximum atomic E-state index is 10.9. The zero-order chi connectivity index (χ0) is 12.3. The fraction of sp³-hybridized carbons (Fsp3) is 0.889. The lowest BCUT2D eigenvalue weighted by Crippen LogP contribution is -2.64. The van der Waals surface area contributed by atoms with Crippen molar-refractivity contribution in [1.82, 2.24) is 5.32 Å². The maximum absolute atomic E-state index is 10.9. The molecule has 0 radical (unpaired) electrons. The minimum Gasteiger partial charge on any atom is -0.394 e. The Morgan fingerprint density at radius 1 is 1.44 bits per heavy atom. The highest BCUT2D eigenvalue weighted by Crippen LogP contribution is 2.21. The van der Waals surface area contributed by atoms with Gasteiger partial charge < -0.3 is 30.1 Å². The number of aliphatic hydroxyl groups excluding tert-OH is 3. The quantitative estimate of drug-likeness (QED) is 0.433. The van der Waals surface area contributed by atoms with Gasteiger partial charge >= 0.3 is 0 Å². The second-order valence-corrected chi connectivity index (χ2v) is 3.67. The summed E-state index contributed by atoms with van der Waals surface area (Å²) in [5.41, 5.74) is 0. The lowest BCUT2D eigenvalue weighted by molar-refractivity contribution is -0.262. The van der Waals surface area contributed by atoms with Gasteiger partial charge in [-0.1, -0.05) is 0 Å². The van der Waals surface area contributed by atoms with Gasteiger partial charge in [0.25, 0.3) is 0 Å². The molecule has 0 aliphatic carbocycles. The summed E-state index contributed by atoms with van der Waals surface area (Å²) in [5, 5.41) is 30.7. The summed E-state index contributed by atoms with van der Waals surface area (Å²) in [6.07, 6.45) is -4.35. The average Bonchev–Trinajstić information content (AvgIpc) is 2.25. The third kappa shape index (κ3) is 2.69. The van der Waals surface area contributed by atoms with E-state index in [1.54, 1.807) is 0 Å². The molecule has 94 valence electrons. The molecule has 1 saturated heterocycles. The third-order valence-corrected chi connectivity index (χ3v) is 2.48. The molecule has 1 aliphatic heterocycles. The average molecular weight is 235 g/mol. The Kier molecular flexibility index (Phi) is 4.63. The number of hydrogen-bond donors (Lipinski definition) is 4. The zero-order valence-electron chi connectivity index (χ0n) is 9.16. The van der Waals surface area contributed by atoms with E-state index in [1.807, 2.05) is 0 Å². The molecule has 1 heterocycles. The minimum atomic E-state index is -1.27. The van der Waals surface area contributed by atoms with E-state index in [0.29, 0.717) is 0 Å². The first-order valence-corrected chi connectivity index (χ1v) is 4.93. The third-order valence-electron chi connectivity index (χ3n) is 2.48. The summed E-state index contributed by atoms with van der Waals surface area (Å²) in [6, 6.07) is -0.861. The van der Waals surface area contributed by atoms with Gasteiger partial charge in [-0.3, -0.25) is 4.79 Å². The van der Waals surface area contributed by atoms with Crippen LogP contribution in [0, 0.1) is 0 Å². The van der Waals surface area contributed by atoms with Gasteiger partial charge in [-0.15, -0.1) is 0 Å². The summed E-state index contributed by atoms with van der Waals surface area (Å²) >= 11 is 0. The SMILES string of the molecule is COC1OC(CO)C(O)C(O)[C@@H]1NC(C)=O. The van der Waals surface area contributed by atoms with Crippen LogP contribution in [0.4, 0.5) is 0 Å². The van der Waals surface area contributed by atoms with Crippen LogP contribution >= 0.6 is 0 Å².